The third kappa shape index (κ3) is 8.23. The van der Waals surface area contributed by atoms with E-state index >= 15 is 0 Å². The van der Waals surface area contributed by atoms with Crippen LogP contribution < -0.4 is 15.4 Å². The Morgan fingerprint density at radius 2 is 1.70 bits per heavy atom. The summed E-state index contributed by atoms with van der Waals surface area (Å²) in [7, 11) is 1.83. The molecule has 3 atom stereocenters. The van der Waals surface area contributed by atoms with Gasteiger partial charge in [-0.25, -0.2) is 9.18 Å². The van der Waals surface area contributed by atoms with Gasteiger partial charge in [0.15, 0.2) is 0 Å². The number of alkyl halides is 3. The quantitative estimate of drug-likeness (QED) is 0.282. The Morgan fingerprint density at radius 1 is 1.07 bits per heavy atom. The molecule has 3 aromatic carbocycles. The Morgan fingerprint density at radius 3 is 2.33 bits per heavy atom. The molecule has 8 nitrogen and oxygen atoms in total. The minimum absolute atomic E-state index is 0.166. The van der Waals surface area contributed by atoms with Crippen LogP contribution in [0.2, 0.25) is 0 Å². The van der Waals surface area contributed by atoms with Crippen molar-refractivity contribution in [1.29, 1.82) is 0 Å². The zero-order chi connectivity index (χ0) is 31.3. The maximum absolute atomic E-state index is 13.6. The topological polar surface area (TPSA) is 94.1 Å². The van der Waals surface area contributed by atoms with Crippen molar-refractivity contribution in [3.63, 3.8) is 0 Å². The van der Waals surface area contributed by atoms with E-state index in [2.05, 4.69) is 10.6 Å². The first-order valence-electron chi connectivity index (χ1n) is 13.7. The second-order valence-electron chi connectivity index (χ2n) is 10.8. The first kappa shape index (κ1) is 31.8. The fraction of sp³-hybridized carbons (Fsp3) is 0.355. The summed E-state index contributed by atoms with van der Waals surface area (Å²) in [5.74, 6) is -0.682. The number of hydrogen-bond acceptors (Lipinski definition) is 5. The first-order chi connectivity index (χ1) is 20.3. The molecule has 0 spiro atoms. The van der Waals surface area contributed by atoms with Crippen molar-refractivity contribution >= 4 is 23.3 Å². The Bertz CT molecular complexity index is 1420. The summed E-state index contributed by atoms with van der Waals surface area (Å²) >= 11 is 0. The lowest BCUT2D eigenvalue weighted by atomic mass is 9.99. The molecule has 1 aliphatic rings. The number of nitrogens with one attached hydrogen (secondary N) is 2. The molecule has 0 saturated heterocycles. The van der Waals surface area contributed by atoms with E-state index in [1.807, 2.05) is 18.9 Å². The number of carbonyl (C=O) groups is 2. The van der Waals surface area contributed by atoms with Crippen LogP contribution in [-0.2, 0) is 12.7 Å². The molecule has 1 heterocycles. The lowest BCUT2D eigenvalue weighted by Crippen LogP contribution is -2.49. The Hall–Kier alpha value is -4.16. The lowest BCUT2D eigenvalue weighted by Gasteiger charge is -2.38. The third-order valence-corrected chi connectivity index (χ3v) is 7.25. The minimum atomic E-state index is -4.41. The van der Waals surface area contributed by atoms with Gasteiger partial charge in [0.25, 0.3) is 5.91 Å². The number of hydrogen-bond donors (Lipinski definition) is 3. The highest BCUT2D eigenvalue weighted by Crippen LogP contribution is 2.32. The number of aliphatic hydroxyl groups is 1. The number of benzene rings is 3. The summed E-state index contributed by atoms with van der Waals surface area (Å²) in [6, 6.07) is 13.8. The maximum Gasteiger partial charge on any atom is 0.416 e. The number of likely N-dealkylation sites (N-methyl/N-ethyl adjacent to an activating group) is 1. The number of rotatable bonds is 8. The highest BCUT2D eigenvalue weighted by Gasteiger charge is 2.34. The molecule has 0 bridgehead atoms. The molecule has 3 aromatic rings. The molecule has 0 unspecified atom stereocenters. The van der Waals surface area contributed by atoms with Crippen LogP contribution in [0.15, 0.2) is 66.7 Å². The summed E-state index contributed by atoms with van der Waals surface area (Å²) in [6.45, 7) is 4.46. The van der Waals surface area contributed by atoms with Crippen LogP contribution in [0.25, 0.3) is 0 Å². The van der Waals surface area contributed by atoms with E-state index in [1.165, 1.54) is 42.5 Å². The maximum atomic E-state index is 13.6. The van der Waals surface area contributed by atoms with E-state index in [4.69, 9.17) is 4.74 Å². The van der Waals surface area contributed by atoms with Gasteiger partial charge in [-0.3, -0.25) is 9.69 Å². The average molecular weight is 603 g/mol. The molecule has 230 valence electrons. The van der Waals surface area contributed by atoms with Gasteiger partial charge < -0.3 is 25.4 Å². The molecule has 0 aromatic heterocycles. The Balaban J connectivity index is 1.53. The number of aliphatic hydroxyl groups excluding tert-OH is 1. The SMILES string of the molecule is C[C@@H]1CN([C@@H](C)CO)C(=O)c2cc(NC(=O)Nc3ccc(F)cc3)ccc2O[C@@H]1CN(C)Cc1ccc(C(F)(F)F)cc1. The third-order valence-electron chi connectivity index (χ3n) is 7.25. The van der Waals surface area contributed by atoms with Crippen LogP contribution in [0.4, 0.5) is 33.7 Å². The molecule has 4 rings (SSSR count). The predicted molar refractivity (Wildman–Crippen MR) is 154 cm³/mol. The zero-order valence-corrected chi connectivity index (χ0v) is 24.0. The van der Waals surface area contributed by atoms with Crippen LogP contribution in [0.3, 0.4) is 0 Å². The number of fused-ring (bicyclic) bond motifs is 1. The summed E-state index contributed by atoms with van der Waals surface area (Å²) in [5.41, 5.74) is 0.884. The molecule has 0 saturated carbocycles. The van der Waals surface area contributed by atoms with Crippen molar-refractivity contribution < 1.29 is 37.0 Å². The van der Waals surface area contributed by atoms with Crippen molar-refractivity contribution in [3.05, 3.63) is 89.2 Å². The van der Waals surface area contributed by atoms with Gasteiger partial charge in [0, 0.05) is 36.9 Å². The Kier molecular flexibility index (Phi) is 9.92. The highest BCUT2D eigenvalue weighted by atomic mass is 19.4. The number of ether oxygens (including phenoxy) is 1. The molecule has 43 heavy (non-hydrogen) atoms. The molecule has 3 amide bonds. The minimum Gasteiger partial charge on any atom is -0.488 e. The highest BCUT2D eigenvalue weighted by molar-refractivity contribution is 6.02. The van der Waals surface area contributed by atoms with Gasteiger partial charge in [-0.05, 0) is 74.1 Å². The fourth-order valence-electron chi connectivity index (χ4n) is 4.83. The van der Waals surface area contributed by atoms with Gasteiger partial charge in [0.05, 0.1) is 23.8 Å². The van der Waals surface area contributed by atoms with Crippen molar-refractivity contribution in [3.8, 4) is 5.75 Å². The van der Waals surface area contributed by atoms with Crippen LogP contribution >= 0.6 is 0 Å². The summed E-state index contributed by atoms with van der Waals surface area (Å²) in [6.07, 6.45) is -4.82. The summed E-state index contributed by atoms with van der Waals surface area (Å²) in [5, 5.41) is 15.1. The number of amides is 3. The average Bonchev–Trinajstić information content (AvgIpc) is 2.95. The van der Waals surface area contributed by atoms with E-state index in [9.17, 15) is 32.3 Å². The standard InChI is InChI=1S/C31H34F4N4O4/c1-19-15-39(20(2)18-40)29(41)26-14-25(37-30(42)36-24-10-8-23(32)9-11-24)12-13-27(26)43-28(19)17-38(3)16-21-4-6-22(7-5-21)31(33,34)35/h4-14,19-20,28,40H,15-18H2,1-3H3,(H2,36,37,42)/t19-,20+,28-/m1/s1. The van der Waals surface area contributed by atoms with Crippen LogP contribution in [0, 0.1) is 11.7 Å². The first-order valence-corrected chi connectivity index (χ1v) is 13.7. The van der Waals surface area contributed by atoms with E-state index in [0.717, 1.165) is 12.1 Å². The number of carbonyl (C=O) groups excluding carboxylic acids is 2. The largest absolute Gasteiger partial charge is 0.488 e. The molecule has 0 aliphatic carbocycles. The van der Waals surface area contributed by atoms with Gasteiger partial charge in [0.2, 0.25) is 0 Å². The molecule has 3 N–H and O–H groups in total. The van der Waals surface area contributed by atoms with Gasteiger partial charge in [0.1, 0.15) is 17.7 Å². The fourth-order valence-corrected chi connectivity index (χ4v) is 4.83. The van der Waals surface area contributed by atoms with Gasteiger partial charge in [-0.1, -0.05) is 19.1 Å². The van der Waals surface area contributed by atoms with E-state index in [-0.39, 0.29) is 30.5 Å². The van der Waals surface area contributed by atoms with Gasteiger partial charge in [-0.2, -0.15) is 13.2 Å². The molecule has 1 aliphatic heterocycles. The van der Waals surface area contributed by atoms with Crippen LogP contribution in [0.5, 0.6) is 5.75 Å². The van der Waals surface area contributed by atoms with Crippen molar-refractivity contribution in [2.24, 2.45) is 5.92 Å². The number of nitrogens with zero attached hydrogens (tertiary/aromatic N) is 2. The molecular weight excluding hydrogens is 568 g/mol. The van der Waals surface area contributed by atoms with Crippen molar-refractivity contribution in [2.75, 3.05) is 37.4 Å². The normalized spacial score (nSPS) is 17.9. The smallest absolute Gasteiger partial charge is 0.416 e. The number of halogens is 4. The molecule has 0 fully saturated rings. The monoisotopic (exact) mass is 602 g/mol. The zero-order valence-electron chi connectivity index (χ0n) is 24.0. The predicted octanol–water partition coefficient (Wildman–Crippen LogP) is 5.84. The Labute approximate surface area is 247 Å². The lowest BCUT2D eigenvalue weighted by molar-refractivity contribution is -0.137. The van der Waals surface area contributed by atoms with Gasteiger partial charge in [-0.15, -0.1) is 0 Å². The number of urea groups is 1. The summed E-state index contributed by atoms with van der Waals surface area (Å²) < 4.78 is 58.4. The van der Waals surface area contributed by atoms with Gasteiger partial charge >= 0.3 is 12.2 Å². The molecular formula is C31H34F4N4O4. The number of anilines is 2. The summed E-state index contributed by atoms with van der Waals surface area (Å²) in [4.78, 5) is 29.7. The van der Waals surface area contributed by atoms with E-state index < -0.39 is 35.7 Å². The van der Waals surface area contributed by atoms with Crippen molar-refractivity contribution in [1.82, 2.24) is 9.80 Å². The van der Waals surface area contributed by atoms with Crippen molar-refractivity contribution in [2.45, 2.75) is 38.7 Å². The van der Waals surface area contributed by atoms with E-state index in [1.54, 1.807) is 24.0 Å². The van der Waals surface area contributed by atoms with Crippen LogP contribution in [0.1, 0.15) is 35.3 Å². The second-order valence-corrected chi connectivity index (χ2v) is 10.8. The molecule has 0 radical (unpaired) electrons. The van der Waals surface area contributed by atoms with E-state index in [0.29, 0.717) is 35.8 Å². The van der Waals surface area contributed by atoms with Crippen LogP contribution in [-0.4, -0.2) is 65.7 Å². The molecule has 12 heteroatoms. The second kappa shape index (κ2) is 13.4.